The maximum Gasteiger partial charge on any atom is 0.250 e. The summed E-state index contributed by atoms with van der Waals surface area (Å²) in [4.78, 5) is 24.4. The largest absolute Gasteiger partial charge is 0.381 e. The topological polar surface area (TPSA) is 60.3 Å². The summed E-state index contributed by atoms with van der Waals surface area (Å²) in [5.74, 6) is -0.117. The minimum Gasteiger partial charge on any atom is -0.381 e. The van der Waals surface area contributed by atoms with Gasteiger partial charge in [-0.2, -0.15) is 0 Å². The van der Waals surface area contributed by atoms with Gasteiger partial charge in [-0.05, 0) is 18.1 Å². The number of ether oxygens (including phenoxy) is 1. The van der Waals surface area contributed by atoms with Crippen molar-refractivity contribution in [1.29, 1.82) is 0 Å². The van der Waals surface area contributed by atoms with Gasteiger partial charge in [0.25, 0.3) is 5.56 Å². The van der Waals surface area contributed by atoms with Crippen LogP contribution in [0.3, 0.4) is 0 Å². The third-order valence-electron chi connectivity index (χ3n) is 4.10. The second-order valence-corrected chi connectivity index (χ2v) is 5.72. The Morgan fingerprint density at radius 3 is 2.70 bits per heavy atom. The van der Waals surface area contributed by atoms with Crippen LogP contribution in [0.25, 0.3) is 0 Å². The molecule has 0 bridgehead atoms. The van der Waals surface area contributed by atoms with E-state index in [-0.39, 0.29) is 23.4 Å². The van der Waals surface area contributed by atoms with Crippen molar-refractivity contribution >= 4 is 5.91 Å². The lowest BCUT2D eigenvalue weighted by Crippen LogP contribution is -2.37. The van der Waals surface area contributed by atoms with E-state index in [0.717, 1.165) is 12.0 Å². The summed E-state index contributed by atoms with van der Waals surface area (Å²) in [6.07, 6.45) is 2.49. The van der Waals surface area contributed by atoms with Gasteiger partial charge in [0.1, 0.15) is 0 Å². The summed E-state index contributed by atoms with van der Waals surface area (Å²) < 4.78 is 6.90. The minimum atomic E-state index is -0.246. The van der Waals surface area contributed by atoms with Crippen molar-refractivity contribution in [2.75, 3.05) is 13.2 Å². The number of carbonyl (C=O) groups excluding carboxylic acids is 1. The van der Waals surface area contributed by atoms with Crippen LogP contribution in [-0.4, -0.2) is 23.7 Å². The molecule has 3 rings (SSSR count). The zero-order chi connectivity index (χ0) is 16.1. The Bertz CT molecular complexity index is 705. The molecule has 5 heteroatoms. The van der Waals surface area contributed by atoms with Gasteiger partial charge in [-0.3, -0.25) is 9.59 Å². The van der Waals surface area contributed by atoms with Crippen molar-refractivity contribution in [2.45, 2.75) is 19.0 Å². The van der Waals surface area contributed by atoms with Crippen LogP contribution in [0.2, 0.25) is 0 Å². The summed E-state index contributed by atoms with van der Waals surface area (Å²) in [5.41, 5.74) is 0.905. The fourth-order valence-corrected chi connectivity index (χ4v) is 2.76. The van der Waals surface area contributed by atoms with E-state index in [1.165, 1.54) is 6.07 Å². The first-order valence-corrected chi connectivity index (χ1v) is 7.82. The van der Waals surface area contributed by atoms with Crippen LogP contribution < -0.4 is 10.9 Å². The van der Waals surface area contributed by atoms with Gasteiger partial charge < -0.3 is 14.6 Å². The Balaban J connectivity index is 1.80. The van der Waals surface area contributed by atoms with Gasteiger partial charge in [-0.1, -0.05) is 36.4 Å². The summed E-state index contributed by atoms with van der Waals surface area (Å²) in [5, 5.41) is 3.07. The zero-order valence-corrected chi connectivity index (χ0v) is 12.9. The molecule has 1 amide bonds. The van der Waals surface area contributed by atoms with Crippen LogP contribution >= 0.6 is 0 Å². The van der Waals surface area contributed by atoms with Crippen LogP contribution in [0.5, 0.6) is 0 Å². The molecule has 1 aliphatic heterocycles. The normalized spacial score (nSPS) is 18.5. The standard InChI is InChI=1S/C18H20N2O3/c21-17-8-4-5-10-20(17)12-16(14-6-2-1-3-7-14)19-18(22)15-9-11-23-13-15/h1-8,10,15-16H,9,11-13H2,(H,19,22). The van der Waals surface area contributed by atoms with Crippen LogP contribution in [0.4, 0.5) is 0 Å². The lowest BCUT2D eigenvalue weighted by molar-refractivity contribution is -0.125. The predicted molar refractivity (Wildman–Crippen MR) is 87.0 cm³/mol. The number of nitrogens with one attached hydrogen (secondary N) is 1. The van der Waals surface area contributed by atoms with Gasteiger partial charge in [-0.15, -0.1) is 0 Å². The monoisotopic (exact) mass is 312 g/mol. The average Bonchev–Trinajstić information content (AvgIpc) is 3.11. The lowest BCUT2D eigenvalue weighted by Gasteiger charge is -2.22. The van der Waals surface area contributed by atoms with Crippen molar-refractivity contribution in [2.24, 2.45) is 5.92 Å². The fourth-order valence-electron chi connectivity index (χ4n) is 2.76. The molecular formula is C18H20N2O3. The van der Waals surface area contributed by atoms with E-state index >= 15 is 0 Å². The predicted octanol–water partition coefficient (Wildman–Crippen LogP) is 1.74. The molecule has 1 N–H and O–H groups in total. The number of hydrogen-bond donors (Lipinski definition) is 1. The quantitative estimate of drug-likeness (QED) is 0.915. The second kappa shape index (κ2) is 7.24. The molecule has 2 aromatic rings. The maximum atomic E-state index is 12.4. The molecule has 0 spiro atoms. The van der Waals surface area contributed by atoms with Gasteiger partial charge >= 0.3 is 0 Å². The van der Waals surface area contributed by atoms with Gasteiger partial charge in [-0.25, -0.2) is 0 Å². The molecule has 23 heavy (non-hydrogen) atoms. The highest BCUT2D eigenvalue weighted by Gasteiger charge is 2.26. The van der Waals surface area contributed by atoms with Crippen molar-refractivity contribution < 1.29 is 9.53 Å². The highest BCUT2D eigenvalue weighted by Crippen LogP contribution is 2.18. The SMILES string of the molecule is O=C(NC(Cn1ccccc1=O)c1ccccc1)C1CCOC1. The van der Waals surface area contributed by atoms with E-state index in [2.05, 4.69) is 5.32 Å². The van der Waals surface area contributed by atoms with Crippen molar-refractivity contribution in [3.8, 4) is 0 Å². The Hall–Kier alpha value is -2.40. The van der Waals surface area contributed by atoms with E-state index in [4.69, 9.17) is 4.74 Å². The number of benzene rings is 1. The molecule has 2 unspecified atom stereocenters. The van der Waals surface area contributed by atoms with Gasteiger partial charge in [0, 0.05) is 18.9 Å². The van der Waals surface area contributed by atoms with Crippen LogP contribution in [-0.2, 0) is 16.1 Å². The third kappa shape index (κ3) is 3.87. The van der Waals surface area contributed by atoms with Gasteiger partial charge in [0.2, 0.25) is 5.91 Å². The third-order valence-corrected chi connectivity index (χ3v) is 4.10. The summed E-state index contributed by atoms with van der Waals surface area (Å²) >= 11 is 0. The second-order valence-electron chi connectivity index (χ2n) is 5.72. The Morgan fingerprint density at radius 2 is 2.00 bits per heavy atom. The van der Waals surface area contributed by atoms with Crippen molar-refractivity contribution in [3.63, 3.8) is 0 Å². The number of aromatic nitrogens is 1. The molecule has 0 radical (unpaired) electrons. The van der Waals surface area contributed by atoms with Crippen LogP contribution in [0.1, 0.15) is 18.0 Å². The van der Waals surface area contributed by atoms with Gasteiger partial charge in [0.15, 0.2) is 0 Å². The molecule has 1 aliphatic rings. The van der Waals surface area contributed by atoms with Gasteiger partial charge in [0.05, 0.1) is 25.1 Å². The maximum absolute atomic E-state index is 12.4. The fraction of sp³-hybridized carbons (Fsp3) is 0.333. The molecule has 0 saturated carbocycles. The van der Waals surface area contributed by atoms with E-state index in [9.17, 15) is 9.59 Å². The molecule has 2 heterocycles. The molecule has 1 fully saturated rings. The number of amides is 1. The molecule has 0 aliphatic carbocycles. The van der Waals surface area contributed by atoms with E-state index in [1.54, 1.807) is 16.8 Å². The Kier molecular flexibility index (Phi) is 4.88. The summed E-state index contributed by atoms with van der Waals surface area (Å²) in [7, 11) is 0. The van der Waals surface area contributed by atoms with Crippen LogP contribution in [0, 0.1) is 5.92 Å². The molecule has 1 aromatic carbocycles. The van der Waals surface area contributed by atoms with E-state index in [1.807, 2.05) is 36.4 Å². The van der Waals surface area contributed by atoms with Crippen molar-refractivity contribution in [3.05, 3.63) is 70.6 Å². The zero-order valence-electron chi connectivity index (χ0n) is 12.9. The number of pyridine rings is 1. The average molecular weight is 312 g/mol. The molecular weight excluding hydrogens is 292 g/mol. The number of rotatable bonds is 5. The minimum absolute atomic E-state index is 0.0136. The highest BCUT2D eigenvalue weighted by atomic mass is 16.5. The smallest absolute Gasteiger partial charge is 0.250 e. The number of hydrogen-bond acceptors (Lipinski definition) is 3. The van der Waals surface area contributed by atoms with Crippen LogP contribution in [0.15, 0.2) is 59.5 Å². The summed E-state index contributed by atoms with van der Waals surface area (Å²) in [6, 6.07) is 14.5. The Labute approximate surface area is 134 Å². The molecule has 5 nitrogen and oxygen atoms in total. The molecule has 1 saturated heterocycles. The first-order valence-electron chi connectivity index (χ1n) is 7.82. The number of carbonyl (C=O) groups is 1. The summed E-state index contributed by atoms with van der Waals surface area (Å²) in [6.45, 7) is 1.51. The molecule has 1 aromatic heterocycles. The lowest BCUT2D eigenvalue weighted by atomic mass is 10.0. The molecule has 2 atom stereocenters. The van der Waals surface area contributed by atoms with E-state index in [0.29, 0.717) is 19.8 Å². The Morgan fingerprint density at radius 1 is 1.22 bits per heavy atom. The number of nitrogens with zero attached hydrogens (tertiary/aromatic N) is 1. The first-order chi connectivity index (χ1) is 11.2. The highest BCUT2D eigenvalue weighted by molar-refractivity contribution is 5.79. The molecule has 120 valence electrons. The van der Waals surface area contributed by atoms with E-state index < -0.39 is 0 Å². The first kappa shape index (κ1) is 15.5. The van der Waals surface area contributed by atoms with Crippen molar-refractivity contribution in [1.82, 2.24) is 9.88 Å².